The lowest BCUT2D eigenvalue weighted by molar-refractivity contribution is 0.359. The summed E-state index contributed by atoms with van der Waals surface area (Å²) in [7, 11) is 0. The van der Waals surface area contributed by atoms with Crippen LogP contribution in [0.3, 0.4) is 0 Å². The van der Waals surface area contributed by atoms with Crippen LogP contribution in [0.2, 0.25) is 0 Å². The van der Waals surface area contributed by atoms with Gasteiger partial charge in [-0.3, -0.25) is 0 Å². The van der Waals surface area contributed by atoms with Crippen molar-refractivity contribution in [2.24, 2.45) is 10.4 Å². The van der Waals surface area contributed by atoms with Crippen molar-refractivity contribution in [3.05, 3.63) is 52.0 Å². The molecule has 0 fully saturated rings. The van der Waals surface area contributed by atoms with E-state index in [1.54, 1.807) is 11.3 Å². The van der Waals surface area contributed by atoms with Crippen molar-refractivity contribution in [1.82, 2.24) is 15.6 Å². The number of nitrogens with one attached hydrogen (secondary N) is 2. The summed E-state index contributed by atoms with van der Waals surface area (Å²) in [6, 6.07) is 10.6. The zero-order valence-corrected chi connectivity index (χ0v) is 18.7. The van der Waals surface area contributed by atoms with Crippen LogP contribution in [0.1, 0.15) is 36.2 Å². The van der Waals surface area contributed by atoms with Crippen LogP contribution < -0.4 is 10.6 Å². The Hall–Kier alpha value is -1.15. The van der Waals surface area contributed by atoms with Crippen molar-refractivity contribution >= 4 is 41.3 Å². The zero-order chi connectivity index (χ0) is 17.4. The number of guanidine groups is 1. The molecule has 0 amide bonds. The van der Waals surface area contributed by atoms with Gasteiger partial charge in [0.05, 0.1) is 6.54 Å². The molecule has 6 heteroatoms. The normalized spacial score (nSPS) is 11.8. The topological polar surface area (TPSA) is 49.3 Å². The van der Waals surface area contributed by atoms with Gasteiger partial charge in [0.2, 0.25) is 0 Å². The molecule has 0 unspecified atom stereocenters. The number of hydrogen-bond donors (Lipinski definition) is 2. The summed E-state index contributed by atoms with van der Waals surface area (Å²) in [5.74, 6) is 0.853. The largest absolute Gasteiger partial charge is 0.357 e. The van der Waals surface area contributed by atoms with Gasteiger partial charge in [-0.1, -0.05) is 44.2 Å². The highest BCUT2D eigenvalue weighted by Crippen LogP contribution is 2.20. The molecule has 0 bridgehead atoms. The first-order valence-electron chi connectivity index (χ1n) is 8.46. The summed E-state index contributed by atoms with van der Waals surface area (Å²) < 4.78 is 0. The number of thiazole rings is 1. The molecule has 2 rings (SSSR count). The Morgan fingerprint density at radius 1 is 1.20 bits per heavy atom. The predicted octanol–water partition coefficient (Wildman–Crippen LogP) is 4.39. The van der Waals surface area contributed by atoms with Crippen LogP contribution in [-0.2, 0) is 13.0 Å². The molecule has 0 aliphatic rings. The number of hydrogen-bond acceptors (Lipinski definition) is 3. The molecule has 1 aromatic carbocycles. The summed E-state index contributed by atoms with van der Waals surface area (Å²) in [6.07, 6.45) is 2.94. The van der Waals surface area contributed by atoms with E-state index >= 15 is 0 Å². The van der Waals surface area contributed by atoms with Gasteiger partial charge in [-0.25, -0.2) is 9.98 Å². The molecule has 1 heterocycles. The van der Waals surface area contributed by atoms with Crippen LogP contribution in [0.5, 0.6) is 0 Å². The number of rotatable bonds is 7. The first-order chi connectivity index (χ1) is 11.5. The van der Waals surface area contributed by atoms with E-state index in [-0.39, 0.29) is 29.4 Å². The van der Waals surface area contributed by atoms with E-state index < -0.39 is 0 Å². The van der Waals surface area contributed by atoms with Crippen LogP contribution >= 0.6 is 35.3 Å². The first-order valence-corrected chi connectivity index (χ1v) is 9.27. The van der Waals surface area contributed by atoms with E-state index in [4.69, 9.17) is 0 Å². The summed E-state index contributed by atoms with van der Waals surface area (Å²) in [5.41, 5.74) is 1.51. The Balaban J connectivity index is 0.00000312. The lowest BCUT2D eigenvalue weighted by Crippen LogP contribution is -2.42. The molecule has 0 aliphatic carbocycles. The van der Waals surface area contributed by atoms with Crippen LogP contribution in [0, 0.1) is 12.3 Å². The Kier molecular flexibility index (Phi) is 9.42. The Bertz CT molecular complexity index is 652. The molecule has 1 aromatic heterocycles. The maximum absolute atomic E-state index is 4.65. The highest BCUT2D eigenvalue weighted by Gasteiger charge is 2.19. The Morgan fingerprint density at radius 3 is 2.52 bits per heavy atom. The van der Waals surface area contributed by atoms with Gasteiger partial charge in [0.1, 0.15) is 5.01 Å². The second-order valence-corrected chi connectivity index (χ2v) is 8.06. The molecule has 2 N–H and O–H groups in total. The minimum Gasteiger partial charge on any atom is -0.357 e. The molecule has 0 radical (unpaired) electrons. The fourth-order valence-corrected chi connectivity index (χ4v) is 3.21. The SMILES string of the molecule is CCNC(=NCc1ncc(C)s1)NCC(C)(C)Cc1ccccc1.I. The van der Waals surface area contributed by atoms with Gasteiger partial charge in [-0.05, 0) is 31.2 Å². The summed E-state index contributed by atoms with van der Waals surface area (Å²) >= 11 is 1.70. The highest BCUT2D eigenvalue weighted by molar-refractivity contribution is 14.0. The minimum atomic E-state index is 0. The second-order valence-electron chi connectivity index (χ2n) is 6.74. The van der Waals surface area contributed by atoms with E-state index in [2.05, 4.69) is 78.6 Å². The van der Waals surface area contributed by atoms with Gasteiger partial charge in [0, 0.05) is 24.2 Å². The van der Waals surface area contributed by atoms with Crippen molar-refractivity contribution in [2.45, 2.75) is 40.7 Å². The van der Waals surface area contributed by atoms with Gasteiger partial charge in [-0.15, -0.1) is 35.3 Å². The maximum atomic E-state index is 4.65. The first kappa shape index (κ1) is 21.9. The minimum absolute atomic E-state index is 0. The van der Waals surface area contributed by atoms with Crippen LogP contribution in [-0.4, -0.2) is 24.0 Å². The van der Waals surface area contributed by atoms with E-state index in [1.165, 1.54) is 10.4 Å². The number of aliphatic imine (C=N–C) groups is 1. The zero-order valence-electron chi connectivity index (χ0n) is 15.5. The quantitative estimate of drug-likeness (QED) is 0.357. The molecule has 2 aromatic rings. The Labute approximate surface area is 172 Å². The van der Waals surface area contributed by atoms with E-state index in [9.17, 15) is 0 Å². The monoisotopic (exact) mass is 472 g/mol. The fraction of sp³-hybridized carbons (Fsp3) is 0.474. The fourth-order valence-electron chi connectivity index (χ4n) is 2.50. The van der Waals surface area contributed by atoms with Crippen LogP contribution in [0.25, 0.3) is 0 Å². The molecular formula is C19H29IN4S. The van der Waals surface area contributed by atoms with Gasteiger partial charge in [-0.2, -0.15) is 0 Å². The van der Waals surface area contributed by atoms with Crippen LogP contribution in [0.4, 0.5) is 0 Å². The highest BCUT2D eigenvalue weighted by atomic mass is 127. The number of nitrogens with zero attached hydrogens (tertiary/aromatic N) is 2. The lowest BCUT2D eigenvalue weighted by atomic mass is 9.86. The molecule has 0 atom stereocenters. The number of halogens is 1. The molecule has 0 spiro atoms. The summed E-state index contributed by atoms with van der Waals surface area (Å²) in [6.45, 7) is 11.0. The number of aromatic nitrogens is 1. The van der Waals surface area contributed by atoms with Gasteiger partial charge in [0.15, 0.2) is 5.96 Å². The van der Waals surface area contributed by atoms with Gasteiger partial charge in [0.25, 0.3) is 0 Å². The van der Waals surface area contributed by atoms with Crippen LogP contribution in [0.15, 0.2) is 41.5 Å². The second kappa shape index (κ2) is 10.8. The standard InChI is InChI=1S/C19H28N4S.HI/c1-5-20-18(22-13-17-21-12-15(2)24-17)23-14-19(3,4)11-16-9-7-6-8-10-16;/h6-10,12H,5,11,13-14H2,1-4H3,(H2,20,22,23);1H. The third-order valence-electron chi connectivity index (χ3n) is 3.65. The number of aryl methyl sites for hydroxylation is 1. The Morgan fingerprint density at radius 2 is 1.92 bits per heavy atom. The molecule has 4 nitrogen and oxygen atoms in total. The predicted molar refractivity (Wildman–Crippen MR) is 119 cm³/mol. The molecule has 25 heavy (non-hydrogen) atoms. The summed E-state index contributed by atoms with van der Waals surface area (Å²) in [5, 5.41) is 7.84. The average molecular weight is 472 g/mol. The maximum Gasteiger partial charge on any atom is 0.191 e. The van der Waals surface area contributed by atoms with Crippen molar-refractivity contribution in [1.29, 1.82) is 0 Å². The van der Waals surface area contributed by atoms with Gasteiger partial charge >= 0.3 is 0 Å². The van der Waals surface area contributed by atoms with E-state index in [1.807, 2.05) is 6.20 Å². The third-order valence-corrected chi connectivity index (χ3v) is 4.54. The van der Waals surface area contributed by atoms with Crippen molar-refractivity contribution in [2.75, 3.05) is 13.1 Å². The molecule has 138 valence electrons. The van der Waals surface area contributed by atoms with Gasteiger partial charge < -0.3 is 10.6 Å². The number of benzene rings is 1. The van der Waals surface area contributed by atoms with E-state index in [0.717, 1.165) is 30.5 Å². The van der Waals surface area contributed by atoms with E-state index in [0.29, 0.717) is 6.54 Å². The smallest absolute Gasteiger partial charge is 0.191 e. The lowest BCUT2D eigenvalue weighted by Gasteiger charge is -2.26. The third kappa shape index (κ3) is 8.18. The molecular weight excluding hydrogens is 443 g/mol. The molecule has 0 saturated heterocycles. The molecule has 0 saturated carbocycles. The summed E-state index contributed by atoms with van der Waals surface area (Å²) in [4.78, 5) is 10.2. The average Bonchev–Trinajstić information content (AvgIpc) is 2.96. The van der Waals surface area contributed by atoms with Crippen molar-refractivity contribution in [3.8, 4) is 0 Å². The van der Waals surface area contributed by atoms with Crippen molar-refractivity contribution in [3.63, 3.8) is 0 Å². The molecule has 0 aliphatic heterocycles. The van der Waals surface area contributed by atoms with Crippen molar-refractivity contribution < 1.29 is 0 Å².